The normalized spacial score (nSPS) is 16.8. The second kappa shape index (κ2) is 6.76. The summed E-state index contributed by atoms with van der Waals surface area (Å²) >= 11 is 0. The van der Waals surface area contributed by atoms with Crippen molar-refractivity contribution in [2.24, 2.45) is 5.73 Å². The summed E-state index contributed by atoms with van der Waals surface area (Å²) in [5.74, 6) is 0.933. The lowest BCUT2D eigenvalue weighted by atomic mass is 9.74. The predicted octanol–water partition coefficient (Wildman–Crippen LogP) is 2.04. The molecule has 2 heterocycles. The fourth-order valence-electron chi connectivity index (χ4n) is 3.18. The maximum atomic E-state index is 9.76. The smallest absolute Gasteiger partial charge is 0.132 e. The first-order chi connectivity index (χ1) is 11.3. The third-order valence-corrected chi connectivity index (χ3v) is 4.59. The molecule has 5 nitrogen and oxygen atoms in total. The molecular weight excluding hydrogens is 286 g/mol. The standard InChI is InChI=1S/C18H21N5/c19-9-6-16-12-17(22-14-21-16)23-10-7-18(13-20,8-11-23)15-4-2-1-3-5-15/h1-5,12,14H,6-11,19H2. The maximum Gasteiger partial charge on any atom is 0.132 e. The van der Waals surface area contributed by atoms with Crippen molar-refractivity contribution in [1.82, 2.24) is 9.97 Å². The van der Waals surface area contributed by atoms with E-state index in [9.17, 15) is 5.26 Å². The number of piperidine rings is 1. The van der Waals surface area contributed by atoms with Gasteiger partial charge >= 0.3 is 0 Å². The molecule has 1 fully saturated rings. The number of nitriles is 1. The van der Waals surface area contributed by atoms with Crippen LogP contribution in [-0.4, -0.2) is 29.6 Å². The molecule has 1 aromatic heterocycles. The van der Waals surface area contributed by atoms with Crippen LogP contribution < -0.4 is 10.6 Å². The number of rotatable bonds is 4. The quantitative estimate of drug-likeness (QED) is 0.935. The summed E-state index contributed by atoms with van der Waals surface area (Å²) < 4.78 is 0. The van der Waals surface area contributed by atoms with Gasteiger partial charge in [0.25, 0.3) is 0 Å². The monoisotopic (exact) mass is 307 g/mol. The highest BCUT2D eigenvalue weighted by atomic mass is 15.2. The highest BCUT2D eigenvalue weighted by molar-refractivity contribution is 5.42. The van der Waals surface area contributed by atoms with E-state index in [4.69, 9.17) is 5.73 Å². The summed E-state index contributed by atoms with van der Waals surface area (Å²) in [4.78, 5) is 10.9. The van der Waals surface area contributed by atoms with Crippen LogP contribution in [0, 0.1) is 11.3 Å². The molecule has 0 aliphatic carbocycles. The number of nitrogens with two attached hydrogens (primary N) is 1. The highest BCUT2D eigenvalue weighted by Crippen LogP contribution is 2.35. The Kier molecular flexibility index (Phi) is 4.54. The van der Waals surface area contributed by atoms with E-state index >= 15 is 0 Å². The molecule has 1 aromatic carbocycles. The van der Waals surface area contributed by atoms with Crippen molar-refractivity contribution < 1.29 is 0 Å². The molecule has 2 N–H and O–H groups in total. The topological polar surface area (TPSA) is 78.8 Å². The molecule has 0 spiro atoms. The lowest BCUT2D eigenvalue weighted by Crippen LogP contribution is -2.42. The SMILES string of the molecule is N#CC1(c2ccccc2)CCN(c2cc(CCN)ncn2)CC1. The molecule has 0 amide bonds. The second-order valence-electron chi connectivity index (χ2n) is 5.95. The van der Waals surface area contributed by atoms with Crippen molar-refractivity contribution in [3.05, 3.63) is 54.0 Å². The van der Waals surface area contributed by atoms with Crippen LogP contribution in [0.25, 0.3) is 0 Å². The van der Waals surface area contributed by atoms with Crippen molar-refractivity contribution in [3.63, 3.8) is 0 Å². The summed E-state index contributed by atoms with van der Waals surface area (Å²) in [5, 5.41) is 9.76. The predicted molar refractivity (Wildman–Crippen MR) is 90.0 cm³/mol. The molecule has 1 saturated heterocycles. The Bertz CT molecular complexity index is 684. The van der Waals surface area contributed by atoms with Gasteiger partial charge < -0.3 is 10.6 Å². The molecule has 118 valence electrons. The van der Waals surface area contributed by atoms with Gasteiger partial charge in [0.2, 0.25) is 0 Å². The van der Waals surface area contributed by atoms with Crippen LogP contribution in [0.15, 0.2) is 42.7 Å². The number of anilines is 1. The Balaban J connectivity index is 1.75. The Morgan fingerprint density at radius 1 is 1.17 bits per heavy atom. The molecule has 1 aliphatic rings. The number of hydrogen-bond donors (Lipinski definition) is 1. The lowest BCUT2D eigenvalue weighted by Gasteiger charge is -2.38. The summed E-state index contributed by atoms with van der Waals surface area (Å²) in [6.45, 7) is 2.23. The first kappa shape index (κ1) is 15.4. The minimum atomic E-state index is -0.384. The van der Waals surface area contributed by atoms with Gasteiger partial charge in [0.05, 0.1) is 11.5 Å². The zero-order valence-corrected chi connectivity index (χ0v) is 13.2. The van der Waals surface area contributed by atoms with Gasteiger partial charge in [0.15, 0.2) is 0 Å². The highest BCUT2D eigenvalue weighted by Gasteiger charge is 2.36. The van der Waals surface area contributed by atoms with E-state index < -0.39 is 0 Å². The van der Waals surface area contributed by atoms with E-state index in [0.29, 0.717) is 6.54 Å². The number of aromatic nitrogens is 2. The fraction of sp³-hybridized carbons (Fsp3) is 0.389. The molecule has 1 aliphatic heterocycles. The van der Waals surface area contributed by atoms with Gasteiger partial charge in [-0.3, -0.25) is 0 Å². The molecule has 0 unspecified atom stereocenters. The van der Waals surface area contributed by atoms with Crippen molar-refractivity contribution in [2.45, 2.75) is 24.7 Å². The molecule has 0 radical (unpaired) electrons. The molecular formula is C18H21N5. The average molecular weight is 307 g/mol. The summed E-state index contributed by atoms with van der Waals surface area (Å²) in [6.07, 6.45) is 3.98. The van der Waals surface area contributed by atoms with Gasteiger partial charge in [-0.05, 0) is 24.9 Å². The Morgan fingerprint density at radius 2 is 1.91 bits per heavy atom. The van der Waals surface area contributed by atoms with Crippen molar-refractivity contribution in [2.75, 3.05) is 24.5 Å². The maximum absolute atomic E-state index is 9.76. The summed E-state index contributed by atoms with van der Waals surface area (Å²) in [5.41, 5.74) is 7.30. The van der Waals surface area contributed by atoms with Crippen LogP contribution in [0.5, 0.6) is 0 Å². The Hall–Kier alpha value is -2.45. The average Bonchev–Trinajstić information content (AvgIpc) is 2.63. The molecule has 0 bridgehead atoms. The van der Waals surface area contributed by atoms with Crippen LogP contribution >= 0.6 is 0 Å². The molecule has 0 atom stereocenters. The summed E-state index contributed by atoms with van der Waals surface area (Å²) in [7, 11) is 0. The number of benzene rings is 1. The van der Waals surface area contributed by atoms with E-state index in [2.05, 4.69) is 33.1 Å². The van der Waals surface area contributed by atoms with Gasteiger partial charge in [0.1, 0.15) is 12.1 Å². The molecule has 2 aromatic rings. The number of nitrogens with zero attached hydrogens (tertiary/aromatic N) is 4. The Morgan fingerprint density at radius 3 is 2.57 bits per heavy atom. The van der Waals surface area contributed by atoms with Crippen LogP contribution in [-0.2, 0) is 11.8 Å². The van der Waals surface area contributed by atoms with Crippen LogP contribution in [0.1, 0.15) is 24.1 Å². The zero-order chi connectivity index (χ0) is 16.1. The van der Waals surface area contributed by atoms with E-state index in [1.54, 1.807) is 6.33 Å². The first-order valence-corrected chi connectivity index (χ1v) is 8.00. The van der Waals surface area contributed by atoms with Crippen molar-refractivity contribution >= 4 is 5.82 Å². The van der Waals surface area contributed by atoms with Gasteiger partial charge in [-0.1, -0.05) is 30.3 Å². The minimum Gasteiger partial charge on any atom is -0.356 e. The van der Waals surface area contributed by atoms with Crippen LogP contribution in [0.3, 0.4) is 0 Å². The Labute approximate surface area is 136 Å². The lowest BCUT2D eigenvalue weighted by molar-refractivity contribution is 0.414. The second-order valence-corrected chi connectivity index (χ2v) is 5.95. The first-order valence-electron chi connectivity index (χ1n) is 8.00. The molecule has 5 heteroatoms. The molecule has 3 rings (SSSR count). The molecule has 23 heavy (non-hydrogen) atoms. The van der Waals surface area contributed by atoms with Gasteiger partial charge in [0, 0.05) is 31.3 Å². The van der Waals surface area contributed by atoms with Crippen LogP contribution in [0.4, 0.5) is 5.82 Å². The third kappa shape index (κ3) is 3.17. The fourth-order valence-corrected chi connectivity index (χ4v) is 3.18. The van der Waals surface area contributed by atoms with Crippen molar-refractivity contribution in [1.29, 1.82) is 5.26 Å². The largest absolute Gasteiger partial charge is 0.356 e. The minimum absolute atomic E-state index is 0.384. The van der Waals surface area contributed by atoms with Crippen LogP contribution in [0.2, 0.25) is 0 Å². The van der Waals surface area contributed by atoms with Gasteiger partial charge in [-0.25, -0.2) is 9.97 Å². The van der Waals surface area contributed by atoms with E-state index in [-0.39, 0.29) is 5.41 Å². The van der Waals surface area contributed by atoms with E-state index in [1.165, 1.54) is 0 Å². The van der Waals surface area contributed by atoms with Gasteiger partial charge in [-0.15, -0.1) is 0 Å². The van der Waals surface area contributed by atoms with E-state index in [1.807, 2.05) is 24.3 Å². The third-order valence-electron chi connectivity index (χ3n) is 4.59. The van der Waals surface area contributed by atoms with Gasteiger partial charge in [-0.2, -0.15) is 5.26 Å². The van der Waals surface area contributed by atoms with E-state index in [0.717, 1.165) is 49.4 Å². The van der Waals surface area contributed by atoms with Crippen molar-refractivity contribution in [3.8, 4) is 6.07 Å². The number of hydrogen-bond acceptors (Lipinski definition) is 5. The zero-order valence-electron chi connectivity index (χ0n) is 13.2. The summed E-state index contributed by atoms with van der Waals surface area (Å²) in [6, 6.07) is 14.7. The molecule has 0 saturated carbocycles.